The van der Waals surface area contributed by atoms with Gasteiger partial charge in [-0.2, -0.15) is 0 Å². The maximum atomic E-state index is 5.99. The van der Waals surface area contributed by atoms with Crippen LogP contribution in [-0.2, 0) is 6.42 Å². The molecular formula is C17H18O2. The van der Waals surface area contributed by atoms with E-state index in [0.29, 0.717) is 5.92 Å². The normalized spacial score (nSPS) is 12.2. The molecule has 98 valence electrons. The van der Waals surface area contributed by atoms with Crippen LogP contribution in [0.15, 0.2) is 36.4 Å². The fourth-order valence-corrected chi connectivity index (χ4v) is 2.42. The second-order valence-corrected chi connectivity index (χ2v) is 5.28. The molecule has 19 heavy (non-hydrogen) atoms. The fraction of sp³-hybridized carbons (Fsp3) is 0.294. The SMILES string of the molecule is COc1ccc(Oc2ccc3cc2C3)cc1C(C)C. The first-order valence-electron chi connectivity index (χ1n) is 6.65. The summed E-state index contributed by atoms with van der Waals surface area (Å²) in [7, 11) is 1.71. The van der Waals surface area contributed by atoms with Crippen LogP contribution in [-0.4, -0.2) is 7.11 Å². The predicted octanol–water partition coefficient (Wildman–Crippen LogP) is 4.52. The average Bonchev–Trinajstić information content (AvgIpc) is 2.38. The number of rotatable bonds is 4. The van der Waals surface area contributed by atoms with Crippen molar-refractivity contribution in [3.63, 3.8) is 0 Å². The van der Waals surface area contributed by atoms with Crippen molar-refractivity contribution in [2.75, 3.05) is 7.11 Å². The predicted molar refractivity (Wildman–Crippen MR) is 76.4 cm³/mol. The highest BCUT2D eigenvalue weighted by molar-refractivity contribution is 5.50. The molecule has 2 aromatic rings. The zero-order valence-corrected chi connectivity index (χ0v) is 11.6. The van der Waals surface area contributed by atoms with Crippen LogP contribution in [0.5, 0.6) is 17.2 Å². The lowest BCUT2D eigenvalue weighted by atomic mass is 9.92. The third-order valence-corrected chi connectivity index (χ3v) is 3.57. The van der Waals surface area contributed by atoms with Crippen molar-refractivity contribution >= 4 is 0 Å². The van der Waals surface area contributed by atoms with Gasteiger partial charge in [-0.3, -0.25) is 0 Å². The number of hydrogen-bond acceptors (Lipinski definition) is 2. The molecule has 0 radical (unpaired) electrons. The van der Waals surface area contributed by atoms with Crippen LogP contribution in [0.3, 0.4) is 0 Å². The first-order chi connectivity index (χ1) is 9.17. The molecule has 2 aliphatic rings. The Kier molecular flexibility index (Phi) is 2.94. The maximum Gasteiger partial charge on any atom is 0.130 e. The van der Waals surface area contributed by atoms with E-state index in [1.165, 1.54) is 16.7 Å². The molecule has 0 fully saturated rings. The molecule has 0 heterocycles. The Hall–Kier alpha value is -1.96. The van der Waals surface area contributed by atoms with E-state index in [9.17, 15) is 0 Å². The van der Waals surface area contributed by atoms with Crippen molar-refractivity contribution in [1.29, 1.82) is 0 Å². The zero-order valence-electron chi connectivity index (χ0n) is 11.6. The monoisotopic (exact) mass is 254 g/mol. The van der Waals surface area contributed by atoms with Crippen LogP contribution in [0.2, 0.25) is 0 Å². The van der Waals surface area contributed by atoms with Crippen LogP contribution in [0, 0.1) is 0 Å². The number of methoxy groups -OCH3 is 1. The van der Waals surface area contributed by atoms with Crippen molar-refractivity contribution in [2.45, 2.75) is 26.2 Å². The second-order valence-electron chi connectivity index (χ2n) is 5.28. The minimum Gasteiger partial charge on any atom is -0.496 e. The molecule has 0 amide bonds. The zero-order chi connectivity index (χ0) is 13.4. The van der Waals surface area contributed by atoms with Crippen LogP contribution in [0.1, 0.15) is 36.5 Å². The summed E-state index contributed by atoms with van der Waals surface area (Å²) < 4.78 is 11.4. The van der Waals surface area contributed by atoms with E-state index in [-0.39, 0.29) is 0 Å². The third-order valence-electron chi connectivity index (χ3n) is 3.57. The molecule has 0 atom stereocenters. The molecule has 0 aliphatic heterocycles. The van der Waals surface area contributed by atoms with E-state index in [1.54, 1.807) is 7.11 Å². The summed E-state index contributed by atoms with van der Waals surface area (Å²) in [6, 6.07) is 12.4. The Bertz CT molecular complexity index is 611. The molecule has 0 aromatic heterocycles. The van der Waals surface area contributed by atoms with Gasteiger partial charge in [-0.15, -0.1) is 0 Å². The Morgan fingerprint density at radius 3 is 2.32 bits per heavy atom. The van der Waals surface area contributed by atoms with Crippen LogP contribution < -0.4 is 9.47 Å². The Labute approximate surface area is 114 Å². The molecule has 0 saturated heterocycles. The number of benzene rings is 2. The lowest BCUT2D eigenvalue weighted by Gasteiger charge is -2.20. The largest absolute Gasteiger partial charge is 0.496 e. The molecule has 0 spiro atoms. The first-order valence-corrected chi connectivity index (χ1v) is 6.65. The van der Waals surface area contributed by atoms with Gasteiger partial charge in [0.2, 0.25) is 0 Å². The van der Waals surface area contributed by atoms with Crippen molar-refractivity contribution in [1.82, 2.24) is 0 Å². The van der Waals surface area contributed by atoms with Gasteiger partial charge >= 0.3 is 0 Å². The molecule has 0 N–H and O–H groups in total. The quantitative estimate of drug-likeness (QED) is 0.681. The van der Waals surface area contributed by atoms with Crippen molar-refractivity contribution in [3.05, 3.63) is 53.1 Å². The molecule has 0 unspecified atom stereocenters. The van der Waals surface area contributed by atoms with Crippen molar-refractivity contribution in [3.8, 4) is 17.2 Å². The Balaban J connectivity index is 1.90. The van der Waals surface area contributed by atoms with E-state index in [0.717, 1.165) is 23.7 Å². The fourth-order valence-electron chi connectivity index (χ4n) is 2.42. The summed E-state index contributed by atoms with van der Waals surface area (Å²) in [6.07, 6.45) is 1.04. The van der Waals surface area contributed by atoms with Crippen molar-refractivity contribution < 1.29 is 9.47 Å². The van der Waals surface area contributed by atoms with Gasteiger partial charge in [-0.25, -0.2) is 0 Å². The average molecular weight is 254 g/mol. The van der Waals surface area contributed by atoms with Gasteiger partial charge in [-0.05, 0) is 41.3 Å². The van der Waals surface area contributed by atoms with E-state index >= 15 is 0 Å². The highest BCUT2D eigenvalue weighted by Crippen LogP contribution is 2.36. The second kappa shape index (κ2) is 4.61. The molecule has 4 rings (SSSR count). The minimum absolute atomic E-state index is 0.410. The maximum absolute atomic E-state index is 5.99. The van der Waals surface area contributed by atoms with E-state index in [1.807, 2.05) is 18.2 Å². The molecule has 2 heteroatoms. The molecule has 0 saturated carbocycles. The van der Waals surface area contributed by atoms with Gasteiger partial charge in [0.25, 0.3) is 0 Å². The topological polar surface area (TPSA) is 18.5 Å². The van der Waals surface area contributed by atoms with Gasteiger partial charge in [0, 0.05) is 12.0 Å². The summed E-state index contributed by atoms with van der Waals surface area (Å²) in [6.45, 7) is 4.32. The lowest BCUT2D eigenvalue weighted by molar-refractivity contribution is 0.405. The van der Waals surface area contributed by atoms with E-state index < -0.39 is 0 Å². The van der Waals surface area contributed by atoms with Gasteiger partial charge < -0.3 is 9.47 Å². The molecule has 2 nitrogen and oxygen atoms in total. The molecule has 2 bridgehead atoms. The summed E-state index contributed by atoms with van der Waals surface area (Å²) in [5.41, 5.74) is 3.86. The molecular weight excluding hydrogens is 236 g/mol. The Morgan fingerprint density at radius 1 is 1.00 bits per heavy atom. The summed E-state index contributed by atoms with van der Waals surface area (Å²) in [5, 5.41) is 0. The molecule has 2 aliphatic carbocycles. The summed E-state index contributed by atoms with van der Waals surface area (Å²) in [5.74, 6) is 3.17. The van der Waals surface area contributed by atoms with E-state index in [4.69, 9.17) is 9.47 Å². The van der Waals surface area contributed by atoms with Gasteiger partial charge in [0.1, 0.15) is 17.2 Å². The summed E-state index contributed by atoms with van der Waals surface area (Å²) in [4.78, 5) is 0. The van der Waals surface area contributed by atoms with Crippen LogP contribution in [0.4, 0.5) is 0 Å². The highest BCUT2D eigenvalue weighted by atomic mass is 16.5. The number of hydrogen-bond donors (Lipinski definition) is 0. The van der Waals surface area contributed by atoms with Crippen LogP contribution in [0.25, 0.3) is 0 Å². The van der Waals surface area contributed by atoms with E-state index in [2.05, 4.69) is 32.0 Å². The lowest BCUT2D eigenvalue weighted by Crippen LogP contribution is -2.03. The van der Waals surface area contributed by atoms with Crippen LogP contribution >= 0.6 is 0 Å². The van der Waals surface area contributed by atoms with Gasteiger partial charge in [0.15, 0.2) is 0 Å². The molecule has 2 aromatic carbocycles. The van der Waals surface area contributed by atoms with Gasteiger partial charge in [0.05, 0.1) is 7.11 Å². The Morgan fingerprint density at radius 2 is 1.74 bits per heavy atom. The standard InChI is InChI=1S/C17H18O2/c1-11(2)15-10-14(5-7-17(15)18-3)19-16-6-4-12-8-13(16)9-12/h4-8,10-11H,9H2,1-3H3. The number of fused-ring (bicyclic) bond motifs is 2. The van der Waals surface area contributed by atoms with Gasteiger partial charge in [-0.1, -0.05) is 26.0 Å². The smallest absolute Gasteiger partial charge is 0.130 e. The third kappa shape index (κ3) is 2.19. The first kappa shape index (κ1) is 12.1. The minimum atomic E-state index is 0.410. The van der Waals surface area contributed by atoms with Crippen molar-refractivity contribution in [2.24, 2.45) is 0 Å². The number of ether oxygens (including phenoxy) is 2. The summed E-state index contributed by atoms with van der Waals surface area (Å²) >= 11 is 0. The highest BCUT2D eigenvalue weighted by Gasteiger charge is 2.16.